The van der Waals surface area contributed by atoms with Crippen LogP contribution >= 0.6 is 22.9 Å². The first-order chi connectivity index (χ1) is 14.4. The molecule has 5 nitrogen and oxygen atoms in total. The number of halogens is 3. The first-order valence-corrected chi connectivity index (χ1v) is 10.7. The minimum Gasteiger partial charge on any atom is -0.321 e. The normalized spacial score (nSPS) is 14.2. The molecule has 1 aliphatic rings. The van der Waals surface area contributed by atoms with E-state index in [9.17, 15) is 18.0 Å². The highest BCUT2D eigenvalue weighted by Gasteiger charge is 2.35. The third kappa shape index (κ3) is 3.46. The number of aromatic nitrogens is 3. The quantitative estimate of drug-likeness (QED) is 0.420. The highest BCUT2D eigenvalue weighted by atomic mass is 32.1. The second kappa shape index (κ2) is 7.13. The summed E-state index contributed by atoms with van der Waals surface area (Å²) in [7, 11) is 0. The Balaban J connectivity index is 1.52. The molecule has 152 valence electrons. The summed E-state index contributed by atoms with van der Waals surface area (Å²) >= 11 is 2.59. The third-order valence-corrected chi connectivity index (χ3v) is 6.58. The van der Waals surface area contributed by atoms with Gasteiger partial charge in [0.15, 0.2) is 0 Å². The van der Waals surface area contributed by atoms with E-state index in [1.54, 1.807) is 5.51 Å². The number of anilines is 1. The van der Waals surface area contributed by atoms with Crippen molar-refractivity contribution in [2.45, 2.75) is 24.9 Å². The van der Waals surface area contributed by atoms with E-state index < -0.39 is 17.8 Å². The van der Waals surface area contributed by atoms with Crippen LogP contribution in [-0.4, -0.2) is 20.2 Å². The summed E-state index contributed by atoms with van der Waals surface area (Å²) in [5.41, 5.74) is 4.18. The van der Waals surface area contributed by atoms with Crippen molar-refractivity contribution >= 4 is 44.7 Å². The zero-order valence-corrected chi connectivity index (χ0v) is 16.9. The lowest BCUT2D eigenvalue weighted by atomic mass is 10.0. The van der Waals surface area contributed by atoms with Crippen LogP contribution in [0.3, 0.4) is 0 Å². The first kappa shape index (κ1) is 19.1. The van der Waals surface area contributed by atoms with Crippen LogP contribution in [-0.2, 0) is 6.18 Å². The van der Waals surface area contributed by atoms with Gasteiger partial charge in [-0.1, -0.05) is 12.1 Å². The summed E-state index contributed by atoms with van der Waals surface area (Å²) in [5.74, 6) is -0.234. The monoisotopic (exact) mass is 446 g/mol. The van der Waals surface area contributed by atoms with Crippen molar-refractivity contribution in [3.05, 3.63) is 58.2 Å². The Morgan fingerprint density at radius 3 is 2.77 bits per heavy atom. The Bertz CT molecular complexity index is 1260. The van der Waals surface area contributed by atoms with Crippen LogP contribution in [0, 0.1) is 0 Å². The number of nitrogens with one attached hydrogen (secondary N) is 1. The molecule has 1 fully saturated rings. The van der Waals surface area contributed by atoms with Crippen LogP contribution in [0.4, 0.5) is 18.9 Å². The van der Waals surface area contributed by atoms with Crippen molar-refractivity contribution in [2.24, 2.45) is 0 Å². The van der Waals surface area contributed by atoms with Crippen molar-refractivity contribution < 1.29 is 18.0 Å². The maximum absolute atomic E-state index is 12.9. The van der Waals surface area contributed by atoms with Crippen LogP contribution in [0.5, 0.6) is 0 Å². The van der Waals surface area contributed by atoms with E-state index in [-0.39, 0.29) is 11.6 Å². The smallest absolute Gasteiger partial charge is 0.321 e. The van der Waals surface area contributed by atoms with Gasteiger partial charge in [-0.3, -0.25) is 9.78 Å². The van der Waals surface area contributed by atoms with Gasteiger partial charge < -0.3 is 5.32 Å². The van der Waals surface area contributed by atoms with E-state index in [2.05, 4.69) is 19.7 Å². The van der Waals surface area contributed by atoms with Gasteiger partial charge in [0.1, 0.15) is 10.6 Å². The number of hydrogen-bond acceptors (Lipinski definition) is 6. The standard InChI is InChI=1S/C20H13F3N4OS2/c21-20(22,23)14-8-11(6-7-24-14)26-19(28)18-15(10-4-5-10)16(27-30-18)12-2-1-3-13-17(12)29-9-25-13/h1-3,6-10H,4-5H2,(H,24,26,28). The van der Waals surface area contributed by atoms with Gasteiger partial charge in [0.25, 0.3) is 5.91 Å². The van der Waals surface area contributed by atoms with E-state index in [0.29, 0.717) is 4.88 Å². The molecule has 1 aromatic carbocycles. The van der Waals surface area contributed by atoms with E-state index in [0.717, 1.165) is 63.7 Å². The lowest BCUT2D eigenvalue weighted by molar-refractivity contribution is -0.141. The van der Waals surface area contributed by atoms with Gasteiger partial charge in [-0.15, -0.1) is 11.3 Å². The second-order valence-corrected chi connectivity index (χ2v) is 8.56. The van der Waals surface area contributed by atoms with Gasteiger partial charge >= 0.3 is 6.18 Å². The molecule has 1 aliphatic carbocycles. The van der Waals surface area contributed by atoms with Gasteiger partial charge in [0.2, 0.25) is 0 Å². The molecular weight excluding hydrogens is 433 g/mol. The summed E-state index contributed by atoms with van der Waals surface area (Å²) < 4.78 is 44.3. The third-order valence-electron chi connectivity index (χ3n) is 4.84. The van der Waals surface area contributed by atoms with Gasteiger partial charge in [0, 0.05) is 23.0 Å². The zero-order valence-electron chi connectivity index (χ0n) is 15.2. The Labute approximate surface area is 176 Å². The number of nitrogens with zero attached hydrogens (tertiary/aromatic N) is 3. The van der Waals surface area contributed by atoms with Crippen LogP contribution in [0.1, 0.15) is 39.7 Å². The number of thiazole rings is 1. The van der Waals surface area contributed by atoms with Crippen LogP contribution < -0.4 is 5.32 Å². The maximum Gasteiger partial charge on any atom is 0.433 e. The molecule has 0 unspecified atom stereocenters. The predicted octanol–water partition coefficient (Wildman–Crippen LogP) is 5.96. The van der Waals surface area contributed by atoms with Crippen molar-refractivity contribution in [2.75, 3.05) is 5.32 Å². The van der Waals surface area contributed by atoms with Crippen molar-refractivity contribution in [1.82, 2.24) is 14.3 Å². The molecule has 3 heterocycles. The SMILES string of the molecule is O=C(Nc1ccnc(C(F)(F)F)c1)c1snc(-c2cccc3ncsc23)c1C1CC1. The summed E-state index contributed by atoms with van der Waals surface area (Å²) in [4.78, 5) is 21.0. The molecule has 0 atom stereocenters. The summed E-state index contributed by atoms with van der Waals surface area (Å²) in [6.07, 6.45) is -1.64. The molecule has 1 saturated carbocycles. The molecule has 4 aromatic rings. The Kier molecular flexibility index (Phi) is 4.55. The fraction of sp³-hybridized carbons (Fsp3) is 0.200. The molecule has 3 aromatic heterocycles. The topological polar surface area (TPSA) is 67.8 Å². The molecule has 0 saturated heterocycles. The number of benzene rings is 1. The fourth-order valence-electron chi connectivity index (χ4n) is 3.33. The number of hydrogen-bond donors (Lipinski definition) is 1. The Morgan fingerprint density at radius 2 is 2.00 bits per heavy atom. The van der Waals surface area contributed by atoms with Crippen LogP contribution in [0.2, 0.25) is 0 Å². The Hall–Kier alpha value is -2.85. The van der Waals surface area contributed by atoms with Gasteiger partial charge in [-0.05, 0) is 48.5 Å². The Morgan fingerprint density at radius 1 is 1.17 bits per heavy atom. The number of carbonyl (C=O) groups is 1. The summed E-state index contributed by atoms with van der Waals surface area (Å²) in [6.45, 7) is 0. The average Bonchev–Trinajstić information content (AvgIpc) is 3.26. The summed E-state index contributed by atoms with van der Waals surface area (Å²) in [6, 6.07) is 7.96. The van der Waals surface area contributed by atoms with Crippen molar-refractivity contribution in [3.63, 3.8) is 0 Å². The molecule has 0 aliphatic heterocycles. The second-order valence-electron chi connectivity index (χ2n) is 6.94. The van der Waals surface area contributed by atoms with E-state index >= 15 is 0 Å². The number of fused-ring (bicyclic) bond motifs is 1. The minimum atomic E-state index is -4.58. The van der Waals surface area contributed by atoms with Gasteiger partial charge in [0.05, 0.1) is 21.4 Å². The van der Waals surface area contributed by atoms with E-state index in [1.165, 1.54) is 17.4 Å². The lowest BCUT2D eigenvalue weighted by Gasteiger charge is -2.09. The highest BCUT2D eigenvalue weighted by Crippen LogP contribution is 2.48. The highest BCUT2D eigenvalue weighted by molar-refractivity contribution is 7.17. The molecule has 0 spiro atoms. The molecular formula is C20H13F3N4OS2. The largest absolute Gasteiger partial charge is 0.433 e. The number of carbonyl (C=O) groups excluding carboxylic acids is 1. The molecule has 30 heavy (non-hydrogen) atoms. The van der Waals surface area contributed by atoms with Gasteiger partial charge in [-0.2, -0.15) is 17.5 Å². The number of alkyl halides is 3. The average molecular weight is 446 g/mol. The predicted molar refractivity (Wildman–Crippen MR) is 110 cm³/mol. The van der Waals surface area contributed by atoms with Crippen LogP contribution in [0.25, 0.3) is 21.5 Å². The molecule has 0 bridgehead atoms. The summed E-state index contributed by atoms with van der Waals surface area (Å²) in [5, 5.41) is 2.57. The lowest BCUT2D eigenvalue weighted by Crippen LogP contribution is -2.14. The van der Waals surface area contributed by atoms with Gasteiger partial charge in [-0.25, -0.2) is 4.98 Å². The molecule has 1 amide bonds. The number of rotatable bonds is 4. The number of pyridine rings is 1. The van der Waals surface area contributed by atoms with E-state index in [1.807, 2.05) is 18.2 Å². The van der Waals surface area contributed by atoms with Crippen LogP contribution in [0.15, 0.2) is 42.0 Å². The first-order valence-electron chi connectivity index (χ1n) is 9.08. The van der Waals surface area contributed by atoms with Crippen molar-refractivity contribution in [3.8, 4) is 11.3 Å². The fourth-order valence-corrected chi connectivity index (χ4v) is 5.01. The van der Waals surface area contributed by atoms with Crippen molar-refractivity contribution in [1.29, 1.82) is 0 Å². The number of amides is 1. The molecule has 5 rings (SSSR count). The van der Waals surface area contributed by atoms with E-state index in [4.69, 9.17) is 0 Å². The zero-order chi connectivity index (χ0) is 20.9. The molecule has 10 heteroatoms. The molecule has 1 N–H and O–H groups in total. The maximum atomic E-state index is 12.9. The molecule has 0 radical (unpaired) electrons. The minimum absolute atomic E-state index is 0.0450.